The van der Waals surface area contributed by atoms with Crippen LogP contribution >= 0.6 is 35.3 Å². The van der Waals surface area contributed by atoms with Crippen LogP contribution in [0.25, 0.3) is 0 Å². The van der Waals surface area contributed by atoms with Crippen LogP contribution in [0.4, 0.5) is 5.69 Å². The minimum atomic E-state index is 0. The van der Waals surface area contributed by atoms with Gasteiger partial charge in [-0.3, -0.25) is 0 Å². The van der Waals surface area contributed by atoms with Crippen LogP contribution in [0.2, 0.25) is 0 Å². The van der Waals surface area contributed by atoms with Gasteiger partial charge in [-0.2, -0.15) is 0 Å². The molecule has 1 aliphatic heterocycles. The van der Waals surface area contributed by atoms with Gasteiger partial charge in [0.25, 0.3) is 0 Å². The SMILES string of the molecule is CCNC(=NCc1nc(C(C)C)cs1)NCC1CCN(c2ccccc2OC)C1.I. The van der Waals surface area contributed by atoms with E-state index in [1.54, 1.807) is 18.4 Å². The van der Waals surface area contributed by atoms with Gasteiger partial charge in [-0.05, 0) is 37.3 Å². The maximum Gasteiger partial charge on any atom is 0.191 e. The van der Waals surface area contributed by atoms with Crippen molar-refractivity contribution < 1.29 is 4.74 Å². The fourth-order valence-electron chi connectivity index (χ4n) is 3.50. The van der Waals surface area contributed by atoms with Crippen LogP contribution < -0.4 is 20.3 Å². The summed E-state index contributed by atoms with van der Waals surface area (Å²) in [6.07, 6.45) is 1.16. The van der Waals surface area contributed by atoms with Crippen LogP contribution in [-0.4, -0.2) is 44.2 Å². The van der Waals surface area contributed by atoms with E-state index in [2.05, 4.69) is 58.8 Å². The number of para-hydroxylation sites is 2. The van der Waals surface area contributed by atoms with Gasteiger partial charge in [-0.1, -0.05) is 26.0 Å². The number of halogens is 1. The maximum absolute atomic E-state index is 5.52. The number of nitrogens with one attached hydrogen (secondary N) is 2. The summed E-state index contributed by atoms with van der Waals surface area (Å²) in [4.78, 5) is 11.8. The molecule has 1 aromatic carbocycles. The fraction of sp³-hybridized carbons (Fsp3) is 0.545. The quantitative estimate of drug-likeness (QED) is 0.292. The van der Waals surface area contributed by atoms with Gasteiger partial charge in [0.15, 0.2) is 5.96 Å². The maximum atomic E-state index is 5.52. The molecule has 166 valence electrons. The molecule has 1 saturated heterocycles. The minimum absolute atomic E-state index is 0. The number of ether oxygens (including phenoxy) is 1. The van der Waals surface area contributed by atoms with Gasteiger partial charge >= 0.3 is 0 Å². The Labute approximate surface area is 201 Å². The van der Waals surface area contributed by atoms with E-state index in [0.29, 0.717) is 18.4 Å². The first-order valence-corrected chi connectivity index (χ1v) is 11.3. The van der Waals surface area contributed by atoms with Crippen LogP contribution in [0.15, 0.2) is 34.6 Å². The molecule has 0 aliphatic carbocycles. The average molecular weight is 544 g/mol. The Morgan fingerprint density at radius 2 is 2.13 bits per heavy atom. The van der Waals surface area contributed by atoms with Crippen LogP contribution in [0.1, 0.15) is 43.8 Å². The van der Waals surface area contributed by atoms with Crippen LogP contribution in [-0.2, 0) is 6.54 Å². The Morgan fingerprint density at radius 1 is 1.33 bits per heavy atom. The molecule has 2 heterocycles. The average Bonchev–Trinajstić information content (AvgIpc) is 3.40. The van der Waals surface area contributed by atoms with E-state index in [4.69, 9.17) is 9.73 Å². The third-order valence-electron chi connectivity index (χ3n) is 5.15. The third kappa shape index (κ3) is 6.73. The predicted octanol–water partition coefficient (Wildman–Crippen LogP) is 4.47. The zero-order chi connectivity index (χ0) is 20.6. The molecule has 0 amide bonds. The molecule has 0 radical (unpaired) electrons. The number of anilines is 1. The molecule has 2 aromatic rings. The van der Waals surface area contributed by atoms with Gasteiger partial charge < -0.3 is 20.3 Å². The Bertz CT molecular complexity index is 810. The molecule has 2 N–H and O–H groups in total. The highest BCUT2D eigenvalue weighted by molar-refractivity contribution is 14.0. The number of rotatable bonds is 8. The number of methoxy groups -OCH3 is 1. The second-order valence-corrected chi connectivity index (χ2v) is 8.61. The van der Waals surface area contributed by atoms with Crippen molar-refractivity contribution in [2.45, 2.75) is 39.7 Å². The third-order valence-corrected chi connectivity index (χ3v) is 6.00. The van der Waals surface area contributed by atoms with Gasteiger partial charge in [-0.25, -0.2) is 9.98 Å². The van der Waals surface area contributed by atoms with E-state index in [-0.39, 0.29) is 24.0 Å². The molecule has 6 nitrogen and oxygen atoms in total. The fourth-order valence-corrected chi connectivity index (χ4v) is 4.38. The summed E-state index contributed by atoms with van der Waals surface area (Å²) >= 11 is 1.69. The van der Waals surface area contributed by atoms with E-state index < -0.39 is 0 Å². The molecule has 3 rings (SSSR count). The zero-order valence-electron chi connectivity index (χ0n) is 18.4. The van der Waals surface area contributed by atoms with E-state index >= 15 is 0 Å². The summed E-state index contributed by atoms with van der Waals surface area (Å²) in [6.45, 7) is 10.9. The van der Waals surface area contributed by atoms with Gasteiger partial charge in [0, 0.05) is 31.6 Å². The number of nitrogens with zero attached hydrogens (tertiary/aromatic N) is 3. The number of aliphatic imine (C=N–C) groups is 1. The van der Waals surface area contributed by atoms with E-state index in [0.717, 1.165) is 55.0 Å². The molecule has 1 aromatic heterocycles. The molecule has 1 unspecified atom stereocenters. The van der Waals surface area contributed by atoms with Crippen molar-refractivity contribution in [2.75, 3.05) is 38.2 Å². The molecule has 0 spiro atoms. The number of hydrogen-bond acceptors (Lipinski definition) is 5. The molecule has 0 saturated carbocycles. The van der Waals surface area contributed by atoms with E-state index in [1.807, 2.05) is 12.1 Å². The number of guanidine groups is 1. The molecule has 0 bridgehead atoms. The van der Waals surface area contributed by atoms with Crippen molar-refractivity contribution in [3.8, 4) is 5.75 Å². The summed E-state index contributed by atoms with van der Waals surface area (Å²) in [5, 5.41) is 10.1. The first kappa shape index (κ1) is 24.7. The normalized spacial score (nSPS) is 16.5. The zero-order valence-corrected chi connectivity index (χ0v) is 21.5. The lowest BCUT2D eigenvalue weighted by Gasteiger charge is -2.21. The number of aromatic nitrogens is 1. The largest absolute Gasteiger partial charge is 0.495 e. The van der Waals surface area contributed by atoms with Crippen molar-refractivity contribution in [3.05, 3.63) is 40.3 Å². The van der Waals surface area contributed by atoms with Crippen molar-refractivity contribution in [3.63, 3.8) is 0 Å². The van der Waals surface area contributed by atoms with Gasteiger partial charge in [0.2, 0.25) is 0 Å². The van der Waals surface area contributed by atoms with Crippen molar-refractivity contribution in [1.82, 2.24) is 15.6 Å². The molecule has 1 fully saturated rings. The molecular weight excluding hydrogens is 509 g/mol. The van der Waals surface area contributed by atoms with Gasteiger partial charge in [0.1, 0.15) is 10.8 Å². The monoisotopic (exact) mass is 543 g/mol. The summed E-state index contributed by atoms with van der Waals surface area (Å²) in [5.74, 6) is 2.85. The Balaban J connectivity index is 0.00000320. The molecular formula is C22H34IN5OS. The standard InChI is InChI=1S/C22H33N5OS.HI/c1-5-23-22(25-13-21-26-18(15-29-21)16(2)3)24-12-17-10-11-27(14-17)19-8-6-7-9-20(19)28-4;/h6-9,15-17H,5,10-14H2,1-4H3,(H2,23,24,25);1H. The Hall–Kier alpha value is -1.55. The number of thiazole rings is 1. The predicted molar refractivity (Wildman–Crippen MR) is 138 cm³/mol. The summed E-state index contributed by atoms with van der Waals surface area (Å²) < 4.78 is 5.52. The highest BCUT2D eigenvalue weighted by Gasteiger charge is 2.24. The van der Waals surface area contributed by atoms with Crippen LogP contribution in [0.5, 0.6) is 5.75 Å². The first-order chi connectivity index (χ1) is 14.1. The minimum Gasteiger partial charge on any atom is -0.495 e. The van der Waals surface area contributed by atoms with Crippen LogP contribution in [0.3, 0.4) is 0 Å². The Morgan fingerprint density at radius 3 is 2.83 bits per heavy atom. The molecule has 1 atom stereocenters. The summed E-state index contributed by atoms with van der Waals surface area (Å²) in [5.41, 5.74) is 2.34. The van der Waals surface area contributed by atoms with E-state index in [1.165, 1.54) is 5.69 Å². The number of hydrogen-bond donors (Lipinski definition) is 2. The Kier molecular flexibility index (Phi) is 10.2. The molecule has 30 heavy (non-hydrogen) atoms. The first-order valence-electron chi connectivity index (χ1n) is 10.4. The summed E-state index contributed by atoms with van der Waals surface area (Å²) in [7, 11) is 1.74. The lowest BCUT2D eigenvalue weighted by molar-refractivity contribution is 0.414. The van der Waals surface area contributed by atoms with Gasteiger partial charge in [0.05, 0.1) is 25.0 Å². The highest BCUT2D eigenvalue weighted by atomic mass is 127. The lowest BCUT2D eigenvalue weighted by atomic mass is 10.1. The van der Waals surface area contributed by atoms with E-state index in [9.17, 15) is 0 Å². The second-order valence-electron chi connectivity index (χ2n) is 7.67. The van der Waals surface area contributed by atoms with Crippen LogP contribution in [0, 0.1) is 5.92 Å². The lowest BCUT2D eigenvalue weighted by Crippen LogP contribution is -2.40. The second kappa shape index (κ2) is 12.3. The summed E-state index contributed by atoms with van der Waals surface area (Å²) in [6, 6.07) is 8.26. The van der Waals surface area contributed by atoms with Crippen molar-refractivity contribution >= 4 is 47.0 Å². The smallest absolute Gasteiger partial charge is 0.191 e. The van der Waals surface area contributed by atoms with Gasteiger partial charge in [-0.15, -0.1) is 35.3 Å². The van der Waals surface area contributed by atoms with Crippen molar-refractivity contribution in [1.29, 1.82) is 0 Å². The number of benzene rings is 1. The topological polar surface area (TPSA) is 61.8 Å². The molecule has 1 aliphatic rings. The van der Waals surface area contributed by atoms with Crippen molar-refractivity contribution in [2.24, 2.45) is 10.9 Å². The highest BCUT2D eigenvalue weighted by Crippen LogP contribution is 2.31. The molecule has 8 heteroatoms.